The Hall–Kier alpha value is -1.75. The Balaban J connectivity index is 2.17. The van der Waals surface area contributed by atoms with E-state index in [0.29, 0.717) is 12.3 Å². The van der Waals surface area contributed by atoms with E-state index in [2.05, 4.69) is 15.9 Å². The molecule has 5 heteroatoms. The average molecular weight is 338 g/mol. The van der Waals surface area contributed by atoms with Crippen LogP contribution in [0.4, 0.5) is 0 Å². The van der Waals surface area contributed by atoms with Gasteiger partial charge in [-0.05, 0) is 37.3 Å². The third kappa shape index (κ3) is 3.22. The molecule has 0 aliphatic carbocycles. The summed E-state index contributed by atoms with van der Waals surface area (Å²) in [7, 11) is 3.35. The second-order valence-corrected chi connectivity index (χ2v) is 5.44. The van der Waals surface area contributed by atoms with Crippen molar-refractivity contribution in [1.29, 1.82) is 0 Å². The Morgan fingerprint density at radius 1 is 1.35 bits per heavy atom. The zero-order chi connectivity index (χ0) is 14.7. The molecule has 1 aromatic carbocycles. The lowest BCUT2D eigenvalue weighted by molar-refractivity contribution is 0.0751. The number of benzene rings is 1. The number of hydrogen-bond acceptors (Lipinski definition) is 3. The summed E-state index contributed by atoms with van der Waals surface area (Å²) >= 11 is 3.42. The first-order valence-electron chi connectivity index (χ1n) is 6.15. The number of carbonyl (C=O) groups excluding carboxylic acids is 1. The zero-order valence-corrected chi connectivity index (χ0v) is 13.2. The first-order chi connectivity index (χ1) is 9.51. The smallest absolute Gasteiger partial charge is 0.289 e. The van der Waals surface area contributed by atoms with Crippen molar-refractivity contribution >= 4 is 21.8 Å². The van der Waals surface area contributed by atoms with Crippen LogP contribution in [0.25, 0.3) is 0 Å². The summed E-state index contributed by atoms with van der Waals surface area (Å²) in [5.41, 5.74) is 0.931. The zero-order valence-electron chi connectivity index (χ0n) is 11.6. The van der Waals surface area contributed by atoms with Gasteiger partial charge in [0.2, 0.25) is 0 Å². The molecule has 0 bridgehead atoms. The summed E-state index contributed by atoms with van der Waals surface area (Å²) in [5, 5.41) is 0. The summed E-state index contributed by atoms with van der Waals surface area (Å²) in [5.74, 6) is 1.67. The van der Waals surface area contributed by atoms with Gasteiger partial charge in [-0.25, -0.2) is 0 Å². The molecule has 0 unspecified atom stereocenters. The molecule has 0 aliphatic heterocycles. The van der Waals surface area contributed by atoms with Crippen molar-refractivity contribution in [3.05, 3.63) is 51.9 Å². The minimum absolute atomic E-state index is 0.153. The van der Waals surface area contributed by atoms with E-state index >= 15 is 0 Å². The van der Waals surface area contributed by atoms with E-state index in [1.807, 2.05) is 25.1 Å². The number of ether oxygens (including phenoxy) is 1. The van der Waals surface area contributed by atoms with Crippen LogP contribution in [0, 0.1) is 6.92 Å². The summed E-state index contributed by atoms with van der Waals surface area (Å²) in [6.07, 6.45) is 0. The van der Waals surface area contributed by atoms with Crippen molar-refractivity contribution in [2.45, 2.75) is 13.5 Å². The highest BCUT2D eigenvalue weighted by molar-refractivity contribution is 9.10. The van der Waals surface area contributed by atoms with Gasteiger partial charge in [-0.3, -0.25) is 4.79 Å². The fourth-order valence-electron chi connectivity index (χ4n) is 1.94. The van der Waals surface area contributed by atoms with Gasteiger partial charge in [-0.15, -0.1) is 0 Å². The van der Waals surface area contributed by atoms with Crippen LogP contribution in [0.1, 0.15) is 21.9 Å². The van der Waals surface area contributed by atoms with Crippen LogP contribution in [0.3, 0.4) is 0 Å². The van der Waals surface area contributed by atoms with Gasteiger partial charge in [0.25, 0.3) is 5.91 Å². The molecule has 0 N–H and O–H groups in total. The molecule has 1 amide bonds. The number of furan rings is 1. The van der Waals surface area contributed by atoms with E-state index in [9.17, 15) is 4.79 Å². The van der Waals surface area contributed by atoms with Gasteiger partial charge in [-0.1, -0.05) is 15.9 Å². The number of aryl methyl sites for hydroxylation is 1. The quantitative estimate of drug-likeness (QED) is 0.855. The third-order valence-corrected chi connectivity index (χ3v) is 3.44. The SMILES string of the molecule is COc1ccc(Br)cc1CN(C)C(=O)c1ccc(C)o1. The van der Waals surface area contributed by atoms with Crippen LogP contribution in [0.2, 0.25) is 0 Å². The van der Waals surface area contributed by atoms with Crippen LogP contribution >= 0.6 is 15.9 Å². The minimum atomic E-state index is -0.153. The molecule has 4 nitrogen and oxygen atoms in total. The van der Waals surface area contributed by atoms with E-state index in [4.69, 9.17) is 9.15 Å². The normalized spacial score (nSPS) is 10.4. The molecule has 20 heavy (non-hydrogen) atoms. The van der Waals surface area contributed by atoms with E-state index in [1.54, 1.807) is 31.2 Å². The van der Waals surface area contributed by atoms with Gasteiger partial charge in [-0.2, -0.15) is 0 Å². The van der Waals surface area contributed by atoms with Crippen LogP contribution in [-0.2, 0) is 6.54 Å². The number of hydrogen-bond donors (Lipinski definition) is 0. The van der Waals surface area contributed by atoms with Gasteiger partial charge < -0.3 is 14.1 Å². The van der Waals surface area contributed by atoms with Crippen molar-refractivity contribution in [3.8, 4) is 5.75 Å². The minimum Gasteiger partial charge on any atom is -0.496 e. The van der Waals surface area contributed by atoms with E-state index < -0.39 is 0 Å². The maximum absolute atomic E-state index is 12.2. The summed E-state index contributed by atoms with van der Waals surface area (Å²) in [6.45, 7) is 2.26. The molecular weight excluding hydrogens is 322 g/mol. The standard InChI is InChI=1S/C15H16BrNO3/c1-10-4-6-14(20-10)15(18)17(2)9-11-8-12(16)5-7-13(11)19-3/h4-8H,9H2,1-3H3. The van der Waals surface area contributed by atoms with Crippen molar-refractivity contribution in [3.63, 3.8) is 0 Å². The molecule has 0 saturated heterocycles. The van der Waals surface area contributed by atoms with E-state index in [-0.39, 0.29) is 5.91 Å². The number of methoxy groups -OCH3 is 1. The highest BCUT2D eigenvalue weighted by atomic mass is 79.9. The van der Waals surface area contributed by atoms with Crippen LogP contribution in [0.5, 0.6) is 5.75 Å². The molecule has 106 valence electrons. The first-order valence-corrected chi connectivity index (χ1v) is 6.95. The molecule has 1 aromatic heterocycles. The predicted octanol–water partition coefficient (Wildman–Crippen LogP) is 3.63. The molecule has 2 aromatic rings. The average Bonchev–Trinajstić information content (AvgIpc) is 2.84. The molecule has 0 saturated carbocycles. The topological polar surface area (TPSA) is 42.7 Å². The molecule has 0 spiro atoms. The molecular formula is C15H16BrNO3. The van der Waals surface area contributed by atoms with Gasteiger partial charge in [0, 0.05) is 23.6 Å². The fourth-order valence-corrected chi connectivity index (χ4v) is 2.34. The lowest BCUT2D eigenvalue weighted by Gasteiger charge is -2.18. The highest BCUT2D eigenvalue weighted by Gasteiger charge is 2.17. The lowest BCUT2D eigenvalue weighted by atomic mass is 10.2. The maximum Gasteiger partial charge on any atom is 0.289 e. The molecule has 0 atom stereocenters. The van der Waals surface area contributed by atoms with Crippen molar-refractivity contribution in [1.82, 2.24) is 4.90 Å². The Labute approximate surface area is 126 Å². The number of halogens is 1. The molecule has 0 radical (unpaired) electrons. The Kier molecular flexibility index (Phi) is 4.49. The summed E-state index contributed by atoms with van der Waals surface area (Å²) < 4.78 is 11.6. The number of amides is 1. The monoisotopic (exact) mass is 337 g/mol. The Bertz CT molecular complexity index is 621. The highest BCUT2D eigenvalue weighted by Crippen LogP contribution is 2.24. The summed E-state index contributed by atoms with van der Waals surface area (Å²) in [6, 6.07) is 9.18. The predicted molar refractivity (Wildman–Crippen MR) is 79.9 cm³/mol. The number of carbonyl (C=O) groups is 1. The third-order valence-electron chi connectivity index (χ3n) is 2.95. The number of rotatable bonds is 4. The Morgan fingerprint density at radius 3 is 2.70 bits per heavy atom. The summed E-state index contributed by atoms with van der Waals surface area (Å²) in [4.78, 5) is 13.8. The van der Waals surface area contributed by atoms with Crippen LogP contribution < -0.4 is 4.74 Å². The number of nitrogens with zero attached hydrogens (tertiary/aromatic N) is 1. The van der Waals surface area contributed by atoms with E-state index in [1.165, 1.54) is 0 Å². The second kappa shape index (κ2) is 6.13. The largest absolute Gasteiger partial charge is 0.496 e. The van der Waals surface area contributed by atoms with Gasteiger partial charge in [0.1, 0.15) is 11.5 Å². The van der Waals surface area contributed by atoms with Crippen molar-refractivity contribution in [2.24, 2.45) is 0 Å². The first kappa shape index (κ1) is 14.7. The van der Waals surface area contributed by atoms with Crippen LogP contribution in [-0.4, -0.2) is 25.0 Å². The second-order valence-electron chi connectivity index (χ2n) is 4.53. The van der Waals surface area contributed by atoms with Gasteiger partial charge in [0.05, 0.1) is 7.11 Å². The molecule has 0 aliphatic rings. The fraction of sp³-hybridized carbons (Fsp3) is 0.267. The maximum atomic E-state index is 12.2. The molecule has 2 rings (SSSR count). The van der Waals surface area contributed by atoms with Gasteiger partial charge in [0.15, 0.2) is 5.76 Å². The molecule has 0 fully saturated rings. The van der Waals surface area contributed by atoms with Crippen LogP contribution in [0.15, 0.2) is 39.2 Å². The van der Waals surface area contributed by atoms with Gasteiger partial charge >= 0.3 is 0 Å². The van der Waals surface area contributed by atoms with E-state index in [0.717, 1.165) is 21.5 Å². The van der Waals surface area contributed by atoms with Crippen molar-refractivity contribution in [2.75, 3.05) is 14.2 Å². The lowest BCUT2D eigenvalue weighted by Crippen LogP contribution is -2.26. The molecule has 1 heterocycles. The Morgan fingerprint density at radius 2 is 2.10 bits per heavy atom. The van der Waals surface area contributed by atoms with Crippen molar-refractivity contribution < 1.29 is 13.9 Å².